The number of aryl methyl sites for hydroxylation is 2. The molecule has 6 heteroatoms. The maximum atomic E-state index is 12.7. The van der Waals surface area contributed by atoms with Crippen LogP contribution in [0.5, 0.6) is 0 Å². The number of hydrogen-bond donors (Lipinski definition) is 1. The number of rotatable bonds is 8. The molecule has 0 heterocycles. The number of carbonyl (C=O) groups is 1. The van der Waals surface area contributed by atoms with Crippen molar-refractivity contribution in [1.82, 2.24) is 4.31 Å². The van der Waals surface area contributed by atoms with Crippen molar-refractivity contribution in [3.8, 4) is 0 Å². The van der Waals surface area contributed by atoms with E-state index in [1.165, 1.54) is 4.31 Å². The Hall–Kier alpha value is -2.18. The summed E-state index contributed by atoms with van der Waals surface area (Å²) in [6.07, 6.45) is 0.986. The number of amides is 1. The van der Waals surface area contributed by atoms with E-state index in [1.54, 1.807) is 18.2 Å². The van der Waals surface area contributed by atoms with E-state index in [2.05, 4.69) is 5.32 Å². The molecule has 1 N–H and O–H groups in total. The van der Waals surface area contributed by atoms with Crippen LogP contribution < -0.4 is 5.32 Å². The summed E-state index contributed by atoms with van der Waals surface area (Å²) in [6.45, 7) is 6.28. The fraction of sp³-hybridized carbons (Fsp3) is 0.350. The van der Waals surface area contributed by atoms with E-state index < -0.39 is 10.0 Å². The third kappa shape index (κ3) is 4.93. The molecular weight excluding hydrogens is 348 g/mol. The number of nitrogens with zero attached hydrogens (tertiary/aromatic N) is 1. The predicted molar refractivity (Wildman–Crippen MR) is 105 cm³/mol. The standard InChI is InChI=1S/C20H26N2O3S/c1-4-22(5-2)26(24,25)18-13-11-16(3)19(15-18)21-20(23)14-12-17-9-7-6-8-10-17/h6-11,13,15H,4-5,12,14H2,1-3H3,(H,21,23). The summed E-state index contributed by atoms with van der Waals surface area (Å²) < 4.78 is 26.7. The van der Waals surface area contributed by atoms with Crippen LogP contribution in [-0.4, -0.2) is 31.7 Å². The first-order valence-electron chi connectivity index (χ1n) is 8.83. The van der Waals surface area contributed by atoms with Crippen LogP contribution in [0.4, 0.5) is 5.69 Å². The first-order valence-corrected chi connectivity index (χ1v) is 10.3. The van der Waals surface area contributed by atoms with Gasteiger partial charge in [-0.3, -0.25) is 4.79 Å². The highest BCUT2D eigenvalue weighted by molar-refractivity contribution is 7.89. The average Bonchev–Trinajstić information content (AvgIpc) is 2.63. The topological polar surface area (TPSA) is 66.5 Å². The molecule has 26 heavy (non-hydrogen) atoms. The molecule has 0 bridgehead atoms. The Labute approximate surface area is 156 Å². The van der Waals surface area contributed by atoms with Crippen LogP contribution in [0.1, 0.15) is 31.4 Å². The molecule has 0 aliphatic carbocycles. The van der Waals surface area contributed by atoms with Gasteiger partial charge in [-0.25, -0.2) is 8.42 Å². The molecule has 0 saturated heterocycles. The van der Waals surface area contributed by atoms with Gasteiger partial charge in [-0.05, 0) is 36.6 Å². The summed E-state index contributed by atoms with van der Waals surface area (Å²) in [6, 6.07) is 14.6. The zero-order valence-electron chi connectivity index (χ0n) is 15.5. The maximum Gasteiger partial charge on any atom is 0.243 e. The second-order valence-corrected chi connectivity index (χ2v) is 8.04. The normalized spacial score (nSPS) is 11.5. The van der Waals surface area contributed by atoms with E-state index in [-0.39, 0.29) is 10.8 Å². The van der Waals surface area contributed by atoms with Gasteiger partial charge in [0.25, 0.3) is 0 Å². The molecule has 0 unspecified atom stereocenters. The Morgan fingerprint density at radius 1 is 1.04 bits per heavy atom. The smallest absolute Gasteiger partial charge is 0.243 e. The predicted octanol–water partition coefficient (Wildman–Crippen LogP) is 3.60. The molecule has 0 aliphatic rings. The lowest BCUT2D eigenvalue weighted by Crippen LogP contribution is -2.30. The molecule has 0 atom stereocenters. The molecule has 0 aliphatic heterocycles. The average molecular weight is 375 g/mol. The summed E-state index contributed by atoms with van der Waals surface area (Å²) in [5.41, 5.74) is 2.46. The van der Waals surface area contributed by atoms with Crippen molar-refractivity contribution in [2.45, 2.75) is 38.5 Å². The molecule has 1 amide bonds. The van der Waals surface area contributed by atoms with Gasteiger partial charge in [-0.15, -0.1) is 0 Å². The molecule has 5 nitrogen and oxygen atoms in total. The minimum Gasteiger partial charge on any atom is -0.326 e. The molecule has 140 valence electrons. The van der Waals surface area contributed by atoms with E-state index in [0.29, 0.717) is 31.6 Å². The number of nitrogens with one attached hydrogen (secondary N) is 1. The summed E-state index contributed by atoms with van der Waals surface area (Å²) in [7, 11) is -3.55. The zero-order chi connectivity index (χ0) is 19.2. The highest BCUT2D eigenvalue weighted by Crippen LogP contribution is 2.23. The van der Waals surface area contributed by atoms with E-state index in [1.807, 2.05) is 51.1 Å². The van der Waals surface area contributed by atoms with Crippen LogP contribution in [0.25, 0.3) is 0 Å². The number of anilines is 1. The van der Waals surface area contributed by atoms with Crippen LogP contribution in [0.2, 0.25) is 0 Å². The molecule has 2 aromatic rings. The van der Waals surface area contributed by atoms with Crippen molar-refractivity contribution in [2.75, 3.05) is 18.4 Å². The Balaban J connectivity index is 2.13. The zero-order valence-corrected chi connectivity index (χ0v) is 16.3. The van der Waals surface area contributed by atoms with Crippen LogP contribution in [0.3, 0.4) is 0 Å². The van der Waals surface area contributed by atoms with E-state index in [9.17, 15) is 13.2 Å². The van der Waals surface area contributed by atoms with Crippen molar-refractivity contribution in [2.24, 2.45) is 0 Å². The van der Waals surface area contributed by atoms with Crippen molar-refractivity contribution in [3.05, 3.63) is 59.7 Å². The number of sulfonamides is 1. The summed E-state index contributed by atoms with van der Waals surface area (Å²) in [4.78, 5) is 12.5. The second kappa shape index (κ2) is 8.96. The molecule has 2 aromatic carbocycles. The Morgan fingerprint density at radius 2 is 1.69 bits per heavy atom. The lowest BCUT2D eigenvalue weighted by Gasteiger charge is -2.19. The van der Waals surface area contributed by atoms with Gasteiger partial charge in [0.1, 0.15) is 0 Å². The lowest BCUT2D eigenvalue weighted by molar-refractivity contribution is -0.116. The van der Waals surface area contributed by atoms with Crippen LogP contribution in [0, 0.1) is 6.92 Å². The molecule has 0 radical (unpaired) electrons. The number of carbonyl (C=O) groups excluding carboxylic acids is 1. The maximum absolute atomic E-state index is 12.7. The first kappa shape index (κ1) is 20.1. The van der Waals surface area contributed by atoms with Gasteiger partial charge in [-0.2, -0.15) is 4.31 Å². The lowest BCUT2D eigenvalue weighted by atomic mass is 10.1. The van der Waals surface area contributed by atoms with E-state index >= 15 is 0 Å². The number of benzene rings is 2. The fourth-order valence-electron chi connectivity index (χ4n) is 2.72. The summed E-state index contributed by atoms with van der Waals surface area (Å²) in [5, 5.41) is 2.85. The van der Waals surface area contributed by atoms with Gasteiger partial charge in [0, 0.05) is 25.2 Å². The third-order valence-corrected chi connectivity index (χ3v) is 6.36. The highest BCUT2D eigenvalue weighted by atomic mass is 32.2. The Bertz CT molecular complexity index is 845. The fourth-order valence-corrected chi connectivity index (χ4v) is 4.21. The van der Waals surface area contributed by atoms with Gasteiger partial charge in [0.15, 0.2) is 0 Å². The third-order valence-electron chi connectivity index (χ3n) is 4.31. The first-order chi connectivity index (χ1) is 12.4. The Kier molecular flexibility index (Phi) is 6.94. The van der Waals surface area contributed by atoms with E-state index in [4.69, 9.17) is 0 Å². The Morgan fingerprint density at radius 3 is 2.31 bits per heavy atom. The molecular formula is C20H26N2O3S. The van der Waals surface area contributed by atoms with Crippen LogP contribution in [0.15, 0.2) is 53.4 Å². The summed E-state index contributed by atoms with van der Waals surface area (Å²) >= 11 is 0. The van der Waals surface area contributed by atoms with Gasteiger partial charge in [0.05, 0.1) is 4.90 Å². The van der Waals surface area contributed by atoms with Gasteiger partial charge < -0.3 is 5.32 Å². The monoisotopic (exact) mass is 374 g/mol. The van der Waals surface area contributed by atoms with E-state index in [0.717, 1.165) is 11.1 Å². The van der Waals surface area contributed by atoms with Gasteiger partial charge in [-0.1, -0.05) is 50.2 Å². The largest absolute Gasteiger partial charge is 0.326 e. The molecule has 0 aromatic heterocycles. The van der Waals surface area contributed by atoms with Gasteiger partial charge >= 0.3 is 0 Å². The quantitative estimate of drug-likeness (QED) is 0.768. The molecule has 0 saturated carbocycles. The number of hydrogen-bond acceptors (Lipinski definition) is 3. The minimum atomic E-state index is -3.55. The molecule has 2 rings (SSSR count). The van der Waals surface area contributed by atoms with Gasteiger partial charge in [0.2, 0.25) is 15.9 Å². The SMILES string of the molecule is CCN(CC)S(=O)(=O)c1ccc(C)c(NC(=O)CCc2ccccc2)c1. The van der Waals surface area contributed by atoms with Crippen molar-refractivity contribution in [3.63, 3.8) is 0 Å². The summed E-state index contributed by atoms with van der Waals surface area (Å²) in [5.74, 6) is -0.130. The molecule has 0 spiro atoms. The highest BCUT2D eigenvalue weighted by Gasteiger charge is 2.22. The van der Waals surface area contributed by atoms with Crippen molar-refractivity contribution >= 4 is 21.6 Å². The minimum absolute atomic E-state index is 0.130. The second-order valence-electron chi connectivity index (χ2n) is 6.10. The van der Waals surface area contributed by atoms with Crippen molar-refractivity contribution in [1.29, 1.82) is 0 Å². The van der Waals surface area contributed by atoms with Crippen LogP contribution >= 0.6 is 0 Å². The molecule has 0 fully saturated rings. The van der Waals surface area contributed by atoms with Crippen LogP contribution in [-0.2, 0) is 21.2 Å². The van der Waals surface area contributed by atoms with Crippen molar-refractivity contribution < 1.29 is 13.2 Å².